The number of hydrogen-bond acceptors (Lipinski definition) is 3. The number of carbonyl (C=O) groups is 2. The highest BCUT2D eigenvalue weighted by Gasteiger charge is 2.35. The highest BCUT2D eigenvalue weighted by molar-refractivity contribution is 5.90. The van der Waals surface area contributed by atoms with E-state index in [0.717, 1.165) is 24.1 Å². The standard InChI is InChI=1S/C16H22N2O3/c1-11-4-2-5-13(10-11)18-14(19)6-3-9-17-15(16(20)21)12-7-8-12/h2,4-5,10,12,15,17H,3,6-9H2,1H3,(H,18,19)(H,20,21). The van der Waals surface area contributed by atoms with Gasteiger partial charge < -0.3 is 15.7 Å². The number of carboxylic acid groups (broad SMARTS) is 1. The highest BCUT2D eigenvalue weighted by Crippen LogP contribution is 2.32. The smallest absolute Gasteiger partial charge is 0.320 e. The quantitative estimate of drug-likeness (QED) is 0.641. The minimum absolute atomic E-state index is 0.0410. The van der Waals surface area contributed by atoms with Crippen molar-refractivity contribution in [2.24, 2.45) is 5.92 Å². The Kier molecular flexibility index (Phi) is 5.33. The molecule has 21 heavy (non-hydrogen) atoms. The molecule has 3 N–H and O–H groups in total. The summed E-state index contributed by atoms with van der Waals surface area (Å²) < 4.78 is 0. The molecule has 1 aromatic rings. The third-order valence-electron chi connectivity index (χ3n) is 3.61. The molecule has 0 saturated heterocycles. The van der Waals surface area contributed by atoms with Gasteiger partial charge in [0.25, 0.3) is 0 Å². The summed E-state index contributed by atoms with van der Waals surface area (Å²) in [4.78, 5) is 22.8. The molecule has 114 valence electrons. The number of rotatable bonds is 8. The minimum atomic E-state index is -0.790. The normalized spacial score (nSPS) is 15.5. The third kappa shape index (κ3) is 5.19. The molecule has 1 amide bonds. The molecule has 5 nitrogen and oxygen atoms in total. The summed E-state index contributed by atoms with van der Waals surface area (Å²) >= 11 is 0. The van der Waals surface area contributed by atoms with Crippen LogP contribution in [0.2, 0.25) is 0 Å². The van der Waals surface area contributed by atoms with E-state index in [1.807, 2.05) is 31.2 Å². The lowest BCUT2D eigenvalue weighted by Crippen LogP contribution is -2.39. The second kappa shape index (κ2) is 7.22. The van der Waals surface area contributed by atoms with Gasteiger partial charge in [-0.05, 0) is 56.3 Å². The first kappa shape index (κ1) is 15.5. The molecule has 1 atom stereocenters. The fourth-order valence-corrected chi connectivity index (χ4v) is 2.34. The summed E-state index contributed by atoms with van der Waals surface area (Å²) in [7, 11) is 0. The van der Waals surface area contributed by atoms with Crippen molar-refractivity contribution >= 4 is 17.6 Å². The lowest BCUT2D eigenvalue weighted by molar-refractivity contribution is -0.140. The lowest BCUT2D eigenvalue weighted by Gasteiger charge is -2.13. The molecule has 5 heteroatoms. The zero-order valence-corrected chi connectivity index (χ0v) is 12.3. The van der Waals surface area contributed by atoms with Crippen LogP contribution in [0.5, 0.6) is 0 Å². The van der Waals surface area contributed by atoms with E-state index in [2.05, 4.69) is 10.6 Å². The molecule has 0 aromatic heterocycles. The molecule has 1 aliphatic carbocycles. The zero-order chi connectivity index (χ0) is 15.2. The second-order valence-corrected chi connectivity index (χ2v) is 5.63. The molecule has 0 radical (unpaired) electrons. The summed E-state index contributed by atoms with van der Waals surface area (Å²) in [5.41, 5.74) is 1.90. The van der Waals surface area contributed by atoms with E-state index < -0.39 is 12.0 Å². The predicted molar refractivity (Wildman–Crippen MR) is 81.2 cm³/mol. The summed E-state index contributed by atoms with van der Waals surface area (Å²) in [5, 5.41) is 14.9. The Morgan fingerprint density at radius 3 is 2.76 bits per heavy atom. The van der Waals surface area contributed by atoms with Crippen LogP contribution >= 0.6 is 0 Å². The van der Waals surface area contributed by atoms with Gasteiger partial charge in [0.15, 0.2) is 0 Å². The first-order valence-corrected chi connectivity index (χ1v) is 7.39. The first-order chi connectivity index (χ1) is 10.1. The Labute approximate surface area is 124 Å². The number of nitrogens with one attached hydrogen (secondary N) is 2. The van der Waals surface area contributed by atoms with E-state index in [0.29, 0.717) is 19.4 Å². The van der Waals surface area contributed by atoms with Crippen LogP contribution in [-0.4, -0.2) is 29.6 Å². The molecule has 0 spiro atoms. The number of carbonyl (C=O) groups excluding carboxylic acids is 1. The van der Waals surface area contributed by atoms with Gasteiger partial charge in [-0.3, -0.25) is 9.59 Å². The van der Waals surface area contributed by atoms with Crippen molar-refractivity contribution < 1.29 is 14.7 Å². The maximum atomic E-state index is 11.8. The lowest BCUT2D eigenvalue weighted by atomic mass is 10.1. The number of carboxylic acids is 1. The molecule has 1 saturated carbocycles. The van der Waals surface area contributed by atoms with Crippen LogP contribution in [0.3, 0.4) is 0 Å². The third-order valence-corrected chi connectivity index (χ3v) is 3.61. The maximum absolute atomic E-state index is 11.8. The molecular formula is C16H22N2O3. The van der Waals surface area contributed by atoms with Gasteiger partial charge >= 0.3 is 5.97 Å². The van der Waals surface area contributed by atoms with Crippen LogP contribution < -0.4 is 10.6 Å². The second-order valence-electron chi connectivity index (χ2n) is 5.63. The van der Waals surface area contributed by atoms with Crippen LogP contribution in [0.1, 0.15) is 31.2 Å². The van der Waals surface area contributed by atoms with E-state index >= 15 is 0 Å². The summed E-state index contributed by atoms with van der Waals surface area (Å²) in [6, 6.07) is 7.20. The molecule has 1 aliphatic rings. The summed E-state index contributed by atoms with van der Waals surface area (Å²) in [6.45, 7) is 2.53. The van der Waals surface area contributed by atoms with Crippen molar-refractivity contribution in [3.8, 4) is 0 Å². The van der Waals surface area contributed by atoms with Gasteiger partial charge in [-0.2, -0.15) is 0 Å². The predicted octanol–water partition coefficient (Wildman–Crippen LogP) is 2.17. The fraction of sp³-hybridized carbons (Fsp3) is 0.500. The molecule has 0 bridgehead atoms. The molecular weight excluding hydrogens is 268 g/mol. The molecule has 1 fully saturated rings. The van der Waals surface area contributed by atoms with Gasteiger partial charge in [0, 0.05) is 12.1 Å². The Morgan fingerprint density at radius 1 is 1.38 bits per heavy atom. The number of anilines is 1. The van der Waals surface area contributed by atoms with E-state index in [9.17, 15) is 9.59 Å². The number of amides is 1. The van der Waals surface area contributed by atoms with E-state index in [1.165, 1.54) is 0 Å². The van der Waals surface area contributed by atoms with Crippen LogP contribution in [0, 0.1) is 12.8 Å². The van der Waals surface area contributed by atoms with Gasteiger partial charge in [-0.15, -0.1) is 0 Å². The van der Waals surface area contributed by atoms with Crippen molar-refractivity contribution in [3.63, 3.8) is 0 Å². The molecule has 1 unspecified atom stereocenters. The highest BCUT2D eigenvalue weighted by atomic mass is 16.4. The van der Waals surface area contributed by atoms with Gasteiger partial charge in [0.05, 0.1) is 0 Å². The SMILES string of the molecule is Cc1cccc(NC(=O)CCCNC(C(=O)O)C2CC2)c1. The summed E-state index contributed by atoms with van der Waals surface area (Å²) in [5.74, 6) is -0.564. The van der Waals surface area contributed by atoms with Crippen molar-refractivity contribution in [1.82, 2.24) is 5.32 Å². The van der Waals surface area contributed by atoms with Crippen molar-refractivity contribution in [3.05, 3.63) is 29.8 Å². The van der Waals surface area contributed by atoms with Crippen LogP contribution in [-0.2, 0) is 9.59 Å². The zero-order valence-electron chi connectivity index (χ0n) is 12.3. The topological polar surface area (TPSA) is 78.4 Å². The Hall–Kier alpha value is -1.88. The Morgan fingerprint density at radius 2 is 2.14 bits per heavy atom. The Bertz CT molecular complexity index is 512. The monoisotopic (exact) mass is 290 g/mol. The summed E-state index contributed by atoms with van der Waals surface area (Å²) in [6.07, 6.45) is 2.99. The van der Waals surface area contributed by atoms with Crippen LogP contribution in [0.25, 0.3) is 0 Å². The molecule has 0 aliphatic heterocycles. The van der Waals surface area contributed by atoms with Crippen molar-refractivity contribution in [1.29, 1.82) is 0 Å². The number of aliphatic carboxylic acids is 1. The molecule has 2 rings (SSSR count). The number of benzene rings is 1. The van der Waals surface area contributed by atoms with Gasteiger partial charge in [-0.1, -0.05) is 12.1 Å². The van der Waals surface area contributed by atoms with Gasteiger partial charge in [0.2, 0.25) is 5.91 Å². The first-order valence-electron chi connectivity index (χ1n) is 7.39. The average molecular weight is 290 g/mol. The van der Waals surface area contributed by atoms with E-state index in [4.69, 9.17) is 5.11 Å². The number of aryl methyl sites for hydroxylation is 1. The molecule has 1 aromatic carbocycles. The maximum Gasteiger partial charge on any atom is 0.320 e. The van der Waals surface area contributed by atoms with Crippen molar-refractivity contribution in [2.75, 3.05) is 11.9 Å². The van der Waals surface area contributed by atoms with Gasteiger partial charge in [0.1, 0.15) is 6.04 Å². The van der Waals surface area contributed by atoms with Crippen LogP contribution in [0.4, 0.5) is 5.69 Å². The van der Waals surface area contributed by atoms with E-state index in [1.54, 1.807) is 0 Å². The van der Waals surface area contributed by atoms with Crippen LogP contribution in [0.15, 0.2) is 24.3 Å². The largest absolute Gasteiger partial charge is 0.480 e. The Balaban J connectivity index is 1.66. The van der Waals surface area contributed by atoms with Crippen molar-refractivity contribution in [2.45, 2.75) is 38.6 Å². The molecule has 0 heterocycles. The van der Waals surface area contributed by atoms with E-state index in [-0.39, 0.29) is 11.8 Å². The average Bonchev–Trinajstić information content (AvgIpc) is 3.22. The minimum Gasteiger partial charge on any atom is -0.480 e. The number of hydrogen-bond donors (Lipinski definition) is 3. The van der Waals surface area contributed by atoms with Gasteiger partial charge in [-0.25, -0.2) is 0 Å². The fourth-order valence-electron chi connectivity index (χ4n) is 2.34.